The lowest BCUT2D eigenvalue weighted by molar-refractivity contribution is -0.115. The van der Waals surface area contributed by atoms with Crippen LogP contribution in [0.1, 0.15) is 64.2 Å². The maximum absolute atomic E-state index is 13.6. The Kier molecular flexibility index (Phi) is 8.24. The number of thioether (sulfide) groups is 1. The molecule has 0 saturated heterocycles. The van der Waals surface area contributed by atoms with E-state index in [0.29, 0.717) is 17.2 Å². The summed E-state index contributed by atoms with van der Waals surface area (Å²) in [5, 5.41) is 3.31. The number of nitrogens with one attached hydrogen (secondary N) is 1. The zero-order valence-electron chi connectivity index (χ0n) is 18.8. The summed E-state index contributed by atoms with van der Waals surface area (Å²) < 4.78 is 5.52. The number of hydrogen-bond acceptors (Lipinski definition) is 5. The first kappa shape index (κ1) is 23.6. The lowest BCUT2D eigenvalue weighted by Crippen LogP contribution is -2.20. The number of rotatable bonds is 8. The first-order valence-corrected chi connectivity index (χ1v) is 13.3. The average Bonchev–Trinajstić information content (AvgIpc) is 3.02. The summed E-state index contributed by atoms with van der Waals surface area (Å²) in [7, 11) is 0. The van der Waals surface area contributed by atoms with Crippen molar-refractivity contribution in [1.29, 1.82) is 0 Å². The van der Waals surface area contributed by atoms with Crippen LogP contribution >= 0.6 is 23.1 Å². The molecule has 172 valence electrons. The standard InChI is InChI=1S/C27H29NO3S2/c1-2-18-31-27(30)23-21-16-10-5-11-17-22(21)33-26(23)28-25(29)24(19-12-6-3-7-13-19)32-20-14-8-4-9-15-20/h3-4,6-9,12-15,24H,2,5,10-11,16-18H2,1H3,(H,28,29). The highest BCUT2D eigenvalue weighted by molar-refractivity contribution is 8.00. The van der Waals surface area contributed by atoms with Crippen molar-refractivity contribution in [3.05, 3.63) is 82.2 Å². The monoisotopic (exact) mass is 479 g/mol. The third-order valence-corrected chi connectivity index (χ3v) is 8.11. The molecule has 2 aromatic carbocycles. The predicted molar refractivity (Wildman–Crippen MR) is 136 cm³/mol. The van der Waals surface area contributed by atoms with Crippen LogP contribution in [0.2, 0.25) is 0 Å². The Morgan fingerprint density at radius 1 is 1.00 bits per heavy atom. The maximum Gasteiger partial charge on any atom is 0.341 e. The van der Waals surface area contributed by atoms with E-state index in [1.807, 2.05) is 67.6 Å². The lowest BCUT2D eigenvalue weighted by atomic mass is 10.1. The first-order chi connectivity index (χ1) is 16.2. The molecule has 0 saturated carbocycles. The van der Waals surface area contributed by atoms with Crippen LogP contribution in [0.4, 0.5) is 5.00 Å². The van der Waals surface area contributed by atoms with Gasteiger partial charge in [0.15, 0.2) is 0 Å². The van der Waals surface area contributed by atoms with E-state index in [0.717, 1.165) is 54.5 Å². The molecule has 0 radical (unpaired) electrons. The van der Waals surface area contributed by atoms with E-state index in [1.54, 1.807) is 11.3 Å². The Morgan fingerprint density at radius 3 is 2.42 bits per heavy atom. The predicted octanol–water partition coefficient (Wildman–Crippen LogP) is 7.06. The van der Waals surface area contributed by atoms with E-state index in [2.05, 4.69) is 5.32 Å². The minimum Gasteiger partial charge on any atom is -0.462 e. The van der Waals surface area contributed by atoms with Crippen molar-refractivity contribution in [3.8, 4) is 0 Å². The Balaban J connectivity index is 1.65. The van der Waals surface area contributed by atoms with E-state index in [-0.39, 0.29) is 11.9 Å². The Hall–Kier alpha value is -2.57. The number of benzene rings is 2. The van der Waals surface area contributed by atoms with Crippen LogP contribution in [-0.2, 0) is 22.4 Å². The first-order valence-electron chi connectivity index (χ1n) is 11.6. The van der Waals surface area contributed by atoms with E-state index < -0.39 is 5.25 Å². The fraction of sp³-hybridized carbons (Fsp3) is 0.333. The van der Waals surface area contributed by atoms with Gasteiger partial charge in [-0.1, -0.05) is 61.9 Å². The summed E-state index contributed by atoms with van der Waals surface area (Å²) in [6, 6.07) is 19.7. The number of fused-ring (bicyclic) bond motifs is 1. The fourth-order valence-corrected chi connectivity index (χ4v) is 6.35. The van der Waals surface area contributed by atoms with E-state index >= 15 is 0 Å². The highest BCUT2D eigenvalue weighted by Crippen LogP contribution is 2.41. The minimum atomic E-state index is -0.435. The number of esters is 1. The molecule has 1 amide bonds. The van der Waals surface area contributed by atoms with Gasteiger partial charge in [0.1, 0.15) is 10.3 Å². The molecule has 1 aliphatic carbocycles. The highest BCUT2D eigenvalue weighted by Gasteiger charge is 2.29. The van der Waals surface area contributed by atoms with Crippen molar-refractivity contribution in [2.24, 2.45) is 0 Å². The zero-order valence-corrected chi connectivity index (χ0v) is 20.5. The van der Waals surface area contributed by atoms with Gasteiger partial charge in [0, 0.05) is 9.77 Å². The molecule has 1 heterocycles. The van der Waals surface area contributed by atoms with Gasteiger partial charge in [0.2, 0.25) is 5.91 Å². The lowest BCUT2D eigenvalue weighted by Gasteiger charge is -2.17. The topological polar surface area (TPSA) is 55.4 Å². The van der Waals surface area contributed by atoms with E-state index in [1.165, 1.54) is 16.6 Å². The number of ether oxygens (including phenoxy) is 1. The van der Waals surface area contributed by atoms with Crippen LogP contribution in [0, 0.1) is 0 Å². The van der Waals surface area contributed by atoms with Gasteiger partial charge < -0.3 is 10.1 Å². The second-order valence-electron chi connectivity index (χ2n) is 8.12. The van der Waals surface area contributed by atoms with Gasteiger partial charge in [-0.2, -0.15) is 0 Å². The van der Waals surface area contributed by atoms with Crippen LogP contribution < -0.4 is 5.32 Å². The molecule has 4 rings (SSSR count). The average molecular weight is 480 g/mol. The van der Waals surface area contributed by atoms with Crippen LogP contribution in [-0.4, -0.2) is 18.5 Å². The van der Waals surface area contributed by atoms with Gasteiger partial charge in [-0.3, -0.25) is 4.79 Å². The second kappa shape index (κ2) is 11.5. The van der Waals surface area contributed by atoms with Gasteiger partial charge in [-0.15, -0.1) is 23.1 Å². The molecule has 1 N–H and O–H groups in total. The van der Waals surface area contributed by atoms with Crippen LogP contribution in [0.3, 0.4) is 0 Å². The number of aryl methyl sites for hydroxylation is 1. The molecular weight excluding hydrogens is 450 g/mol. The maximum atomic E-state index is 13.6. The van der Waals surface area contributed by atoms with Crippen LogP contribution in [0.15, 0.2) is 65.6 Å². The fourth-order valence-electron chi connectivity index (χ4n) is 4.03. The minimum absolute atomic E-state index is 0.129. The molecule has 0 fully saturated rings. The number of thiophene rings is 1. The summed E-state index contributed by atoms with van der Waals surface area (Å²) in [6.07, 6.45) is 5.91. The molecule has 1 aliphatic rings. The molecule has 3 aromatic rings. The van der Waals surface area contributed by atoms with Crippen LogP contribution in [0.25, 0.3) is 0 Å². The Labute approximate surface area is 203 Å². The smallest absolute Gasteiger partial charge is 0.341 e. The summed E-state index contributed by atoms with van der Waals surface area (Å²) in [6.45, 7) is 2.36. The number of hydrogen-bond donors (Lipinski definition) is 1. The van der Waals surface area contributed by atoms with E-state index in [9.17, 15) is 9.59 Å². The molecular formula is C27H29NO3S2. The van der Waals surface area contributed by atoms with Gasteiger partial charge in [-0.25, -0.2) is 4.79 Å². The number of anilines is 1. The molecule has 4 nitrogen and oxygen atoms in total. The Morgan fingerprint density at radius 2 is 1.70 bits per heavy atom. The molecule has 0 bridgehead atoms. The molecule has 0 aliphatic heterocycles. The summed E-state index contributed by atoms with van der Waals surface area (Å²) in [4.78, 5) is 28.8. The van der Waals surface area contributed by atoms with E-state index in [4.69, 9.17) is 4.74 Å². The molecule has 1 atom stereocenters. The van der Waals surface area contributed by atoms with Crippen molar-refractivity contribution in [2.45, 2.75) is 55.6 Å². The van der Waals surface area contributed by atoms with Crippen molar-refractivity contribution < 1.29 is 14.3 Å². The quantitative estimate of drug-likeness (QED) is 0.214. The molecule has 6 heteroatoms. The number of amides is 1. The van der Waals surface area contributed by atoms with Gasteiger partial charge in [-0.05, 0) is 55.4 Å². The zero-order chi connectivity index (χ0) is 23.0. The van der Waals surface area contributed by atoms with Gasteiger partial charge >= 0.3 is 5.97 Å². The third kappa shape index (κ3) is 5.87. The normalized spacial score (nSPS) is 14.1. The number of carbonyl (C=O) groups excluding carboxylic acids is 2. The SMILES string of the molecule is CCCOC(=O)c1c(NC(=O)C(Sc2ccccc2)c2ccccc2)sc2c1CCCCC2. The highest BCUT2D eigenvalue weighted by atomic mass is 32.2. The second-order valence-corrected chi connectivity index (χ2v) is 10.4. The summed E-state index contributed by atoms with van der Waals surface area (Å²) in [5.41, 5.74) is 2.56. The van der Waals surface area contributed by atoms with Crippen molar-refractivity contribution in [3.63, 3.8) is 0 Å². The summed E-state index contributed by atoms with van der Waals surface area (Å²) >= 11 is 3.05. The molecule has 33 heavy (non-hydrogen) atoms. The van der Waals surface area contributed by atoms with Crippen molar-refractivity contribution in [1.82, 2.24) is 0 Å². The molecule has 1 aromatic heterocycles. The number of carbonyl (C=O) groups is 2. The largest absolute Gasteiger partial charge is 0.462 e. The van der Waals surface area contributed by atoms with Crippen molar-refractivity contribution in [2.75, 3.05) is 11.9 Å². The Bertz CT molecular complexity index is 1080. The molecule has 0 spiro atoms. The van der Waals surface area contributed by atoms with Gasteiger partial charge in [0.05, 0.1) is 12.2 Å². The third-order valence-electron chi connectivity index (χ3n) is 5.64. The molecule has 1 unspecified atom stereocenters. The summed E-state index contributed by atoms with van der Waals surface area (Å²) in [5.74, 6) is -0.450. The van der Waals surface area contributed by atoms with Crippen LogP contribution in [0.5, 0.6) is 0 Å². The van der Waals surface area contributed by atoms with Gasteiger partial charge in [0.25, 0.3) is 0 Å². The van der Waals surface area contributed by atoms with Crippen molar-refractivity contribution >= 4 is 40.0 Å².